The van der Waals surface area contributed by atoms with Crippen molar-refractivity contribution in [3.63, 3.8) is 0 Å². The molecule has 1 amide bonds. The molecule has 1 aromatic carbocycles. The van der Waals surface area contributed by atoms with Crippen LogP contribution < -0.4 is 21.9 Å². The number of aromatic amines is 1. The zero-order chi connectivity index (χ0) is 23.3. The summed E-state index contributed by atoms with van der Waals surface area (Å²) in [7, 11) is 1.50. The average Bonchev–Trinajstić information content (AvgIpc) is 2.69. The van der Waals surface area contributed by atoms with Gasteiger partial charge in [0.05, 0.1) is 4.92 Å². The van der Waals surface area contributed by atoms with Crippen LogP contribution in [0.15, 0.2) is 27.8 Å². The zero-order valence-corrected chi connectivity index (χ0v) is 18.0. The van der Waals surface area contributed by atoms with Gasteiger partial charge in [0.1, 0.15) is 5.82 Å². The molecule has 11 nitrogen and oxygen atoms in total. The lowest BCUT2D eigenvalue weighted by atomic mass is 10.1. The van der Waals surface area contributed by atoms with Gasteiger partial charge >= 0.3 is 5.69 Å². The van der Waals surface area contributed by atoms with E-state index in [0.717, 1.165) is 4.90 Å². The van der Waals surface area contributed by atoms with Gasteiger partial charge in [-0.2, -0.15) is 0 Å². The van der Waals surface area contributed by atoms with Crippen LogP contribution in [-0.2, 0) is 11.3 Å². The molecular formula is C20H27N5O6. The Balaban J connectivity index is 2.67. The summed E-state index contributed by atoms with van der Waals surface area (Å²) in [6, 6.07) is 4.15. The maximum atomic E-state index is 13.4. The number of amides is 1. The average molecular weight is 433 g/mol. The Bertz CT molecular complexity index is 1090. The molecule has 2 aromatic rings. The first-order valence-electron chi connectivity index (χ1n) is 9.77. The van der Waals surface area contributed by atoms with Gasteiger partial charge in [-0.25, -0.2) is 4.79 Å². The molecule has 0 unspecified atom stereocenters. The predicted molar refractivity (Wildman–Crippen MR) is 117 cm³/mol. The van der Waals surface area contributed by atoms with Crippen LogP contribution in [0.2, 0.25) is 0 Å². The molecule has 168 valence electrons. The Labute approximate surface area is 178 Å². The molecule has 0 bridgehead atoms. The monoisotopic (exact) mass is 433 g/mol. The second-order valence-electron chi connectivity index (χ2n) is 7.51. The third kappa shape index (κ3) is 5.18. The van der Waals surface area contributed by atoms with Crippen molar-refractivity contribution in [3.05, 3.63) is 60.3 Å². The predicted octanol–water partition coefficient (Wildman–Crippen LogP) is 1.67. The number of ether oxygens (including phenoxy) is 1. The maximum absolute atomic E-state index is 13.4. The third-order valence-corrected chi connectivity index (χ3v) is 4.74. The van der Waals surface area contributed by atoms with Crippen LogP contribution >= 0.6 is 0 Å². The van der Waals surface area contributed by atoms with Crippen LogP contribution in [0.25, 0.3) is 0 Å². The second kappa shape index (κ2) is 10.0. The van der Waals surface area contributed by atoms with Gasteiger partial charge in [0.15, 0.2) is 5.69 Å². The highest BCUT2D eigenvalue weighted by atomic mass is 16.6. The third-order valence-electron chi connectivity index (χ3n) is 4.74. The van der Waals surface area contributed by atoms with Gasteiger partial charge in [-0.3, -0.25) is 29.3 Å². The van der Waals surface area contributed by atoms with Crippen LogP contribution in [0.5, 0.6) is 0 Å². The minimum atomic E-state index is -0.809. The van der Waals surface area contributed by atoms with Crippen LogP contribution in [0.4, 0.5) is 17.2 Å². The number of benzene rings is 1. The van der Waals surface area contributed by atoms with E-state index in [0.29, 0.717) is 13.0 Å². The Morgan fingerprint density at radius 2 is 2.03 bits per heavy atom. The fraction of sp³-hybridized carbons (Fsp3) is 0.450. The number of nitrogen functional groups attached to an aromatic ring is 1. The summed E-state index contributed by atoms with van der Waals surface area (Å²) in [5.41, 5.74) is 4.54. The Hall–Kier alpha value is -3.47. The number of anilines is 2. The van der Waals surface area contributed by atoms with Gasteiger partial charge in [0.2, 0.25) is 0 Å². The van der Waals surface area contributed by atoms with E-state index in [9.17, 15) is 24.5 Å². The van der Waals surface area contributed by atoms with Gasteiger partial charge in [-0.1, -0.05) is 19.9 Å². The number of nitro groups is 1. The van der Waals surface area contributed by atoms with E-state index < -0.39 is 22.1 Å². The summed E-state index contributed by atoms with van der Waals surface area (Å²) >= 11 is 0. The number of nitrogens with two attached hydrogens (primary N) is 1. The number of H-pyrrole nitrogens is 1. The first kappa shape index (κ1) is 23.8. The SMILES string of the molecule is COCCCN(C(=O)c1cccc([N+](=O)[O-])c1C)c1c(N)n(CC(C)C)c(=O)[nH]c1=O. The van der Waals surface area contributed by atoms with Gasteiger partial charge in [-0.15, -0.1) is 0 Å². The number of carbonyl (C=O) groups is 1. The van der Waals surface area contributed by atoms with Crippen molar-refractivity contribution < 1.29 is 14.5 Å². The van der Waals surface area contributed by atoms with Crippen molar-refractivity contribution >= 4 is 23.1 Å². The van der Waals surface area contributed by atoms with Crippen molar-refractivity contribution in [2.24, 2.45) is 5.92 Å². The minimum Gasteiger partial charge on any atom is -0.385 e. The number of nitrogens with zero attached hydrogens (tertiary/aromatic N) is 3. The van der Waals surface area contributed by atoms with E-state index in [1.807, 2.05) is 13.8 Å². The molecule has 1 aromatic heterocycles. The van der Waals surface area contributed by atoms with Crippen molar-refractivity contribution in [2.75, 3.05) is 30.9 Å². The number of methoxy groups -OCH3 is 1. The maximum Gasteiger partial charge on any atom is 0.330 e. The smallest absolute Gasteiger partial charge is 0.330 e. The van der Waals surface area contributed by atoms with E-state index >= 15 is 0 Å². The molecule has 2 rings (SSSR count). The highest BCUT2D eigenvalue weighted by molar-refractivity contribution is 6.08. The van der Waals surface area contributed by atoms with Gasteiger partial charge < -0.3 is 15.4 Å². The highest BCUT2D eigenvalue weighted by Gasteiger charge is 2.28. The van der Waals surface area contributed by atoms with Crippen LogP contribution in [0.1, 0.15) is 36.2 Å². The van der Waals surface area contributed by atoms with Gasteiger partial charge in [-0.05, 0) is 25.3 Å². The molecule has 0 aliphatic carbocycles. The minimum absolute atomic E-state index is 0.0513. The molecule has 0 spiro atoms. The first-order valence-corrected chi connectivity index (χ1v) is 9.77. The Morgan fingerprint density at radius 1 is 1.35 bits per heavy atom. The lowest BCUT2D eigenvalue weighted by Crippen LogP contribution is -2.42. The van der Waals surface area contributed by atoms with Gasteiger partial charge in [0.25, 0.3) is 17.2 Å². The summed E-state index contributed by atoms with van der Waals surface area (Å²) in [4.78, 5) is 52.5. The lowest BCUT2D eigenvalue weighted by Gasteiger charge is -2.25. The normalized spacial score (nSPS) is 11.0. The van der Waals surface area contributed by atoms with Crippen LogP contribution in [0.3, 0.4) is 0 Å². The molecule has 31 heavy (non-hydrogen) atoms. The fourth-order valence-corrected chi connectivity index (χ4v) is 3.26. The number of nitrogens with one attached hydrogen (secondary N) is 1. The molecule has 0 fully saturated rings. The van der Waals surface area contributed by atoms with Gasteiger partial charge in [0, 0.05) is 44.0 Å². The van der Waals surface area contributed by atoms with Crippen LogP contribution in [-0.4, -0.2) is 40.6 Å². The molecule has 11 heteroatoms. The number of rotatable bonds is 9. The number of nitro benzene ring substituents is 1. The number of hydrogen-bond donors (Lipinski definition) is 2. The quantitative estimate of drug-likeness (QED) is 0.346. The molecule has 0 saturated heterocycles. The summed E-state index contributed by atoms with van der Waals surface area (Å²) in [5, 5.41) is 11.3. The molecule has 0 atom stereocenters. The largest absolute Gasteiger partial charge is 0.385 e. The molecule has 0 saturated carbocycles. The zero-order valence-electron chi connectivity index (χ0n) is 18.0. The first-order chi connectivity index (χ1) is 14.6. The number of carbonyl (C=O) groups excluding carboxylic acids is 1. The van der Waals surface area contributed by atoms with E-state index in [2.05, 4.69) is 4.98 Å². The van der Waals surface area contributed by atoms with Crippen molar-refractivity contribution in [2.45, 2.75) is 33.7 Å². The molecule has 0 aliphatic heterocycles. The fourth-order valence-electron chi connectivity index (χ4n) is 3.26. The molecule has 1 heterocycles. The lowest BCUT2D eigenvalue weighted by molar-refractivity contribution is -0.385. The van der Waals surface area contributed by atoms with E-state index in [1.165, 1.54) is 36.8 Å². The van der Waals surface area contributed by atoms with Crippen molar-refractivity contribution in [1.29, 1.82) is 0 Å². The summed E-state index contributed by atoms with van der Waals surface area (Å²) in [6.45, 7) is 5.83. The second-order valence-corrected chi connectivity index (χ2v) is 7.51. The van der Waals surface area contributed by atoms with E-state index in [4.69, 9.17) is 10.5 Å². The topological polar surface area (TPSA) is 154 Å². The number of hydrogen-bond acceptors (Lipinski definition) is 7. The van der Waals surface area contributed by atoms with Crippen molar-refractivity contribution in [1.82, 2.24) is 9.55 Å². The Kier molecular flexibility index (Phi) is 7.70. The Morgan fingerprint density at radius 3 is 2.61 bits per heavy atom. The van der Waals surface area contributed by atoms with E-state index in [1.54, 1.807) is 0 Å². The van der Waals surface area contributed by atoms with Crippen LogP contribution in [0, 0.1) is 23.0 Å². The molecule has 0 radical (unpaired) electrons. The number of aromatic nitrogens is 2. The van der Waals surface area contributed by atoms with E-state index in [-0.39, 0.29) is 47.3 Å². The molecule has 3 N–H and O–H groups in total. The molecule has 0 aliphatic rings. The standard InChI is InChI=1S/C20H27N5O6/c1-12(2)11-24-17(21)16(18(26)22-20(24)28)23(9-6-10-31-4)19(27)14-7-5-8-15(13(14)3)25(29)30/h5,7-8,12H,6,9-11,21H2,1-4H3,(H,22,26,28). The summed E-state index contributed by atoms with van der Waals surface area (Å²) < 4.78 is 6.25. The highest BCUT2D eigenvalue weighted by Crippen LogP contribution is 2.26. The summed E-state index contributed by atoms with van der Waals surface area (Å²) in [5.74, 6) is -0.726. The molecular weight excluding hydrogens is 406 g/mol. The summed E-state index contributed by atoms with van der Waals surface area (Å²) in [6.07, 6.45) is 0.373. The van der Waals surface area contributed by atoms with Crippen molar-refractivity contribution in [3.8, 4) is 0 Å².